The molecule has 112 valence electrons. The lowest BCUT2D eigenvalue weighted by Crippen LogP contribution is -2.41. The number of rotatable bonds is 4. The van der Waals surface area contributed by atoms with Gasteiger partial charge in [0.05, 0.1) is 6.26 Å². The Labute approximate surface area is 126 Å². The summed E-state index contributed by atoms with van der Waals surface area (Å²) < 4.78 is 24.7. The molecule has 0 aliphatic carbocycles. The van der Waals surface area contributed by atoms with Crippen molar-refractivity contribution in [1.29, 1.82) is 0 Å². The van der Waals surface area contributed by atoms with Crippen molar-refractivity contribution in [1.82, 2.24) is 4.31 Å². The van der Waals surface area contributed by atoms with E-state index in [1.54, 1.807) is 4.31 Å². The number of anilines is 1. The van der Waals surface area contributed by atoms with E-state index in [0.717, 1.165) is 35.7 Å². The Morgan fingerprint density at radius 2 is 2.20 bits per heavy atom. The van der Waals surface area contributed by atoms with Crippen LogP contribution < -0.4 is 5.32 Å². The minimum Gasteiger partial charge on any atom is -0.385 e. The number of nitrogens with zero attached hydrogens (tertiary/aromatic N) is 1. The second kappa shape index (κ2) is 6.33. The third-order valence-corrected chi connectivity index (χ3v) is 5.39. The molecule has 6 heteroatoms. The number of sulfonamides is 1. The van der Waals surface area contributed by atoms with Gasteiger partial charge in [-0.25, -0.2) is 12.7 Å². The molecule has 0 saturated carbocycles. The van der Waals surface area contributed by atoms with E-state index in [-0.39, 0.29) is 0 Å². The van der Waals surface area contributed by atoms with Gasteiger partial charge in [-0.3, -0.25) is 0 Å². The zero-order valence-corrected chi connectivity index (χ0v) is 13.5. The molecular weight excluding hydrogens is 296 g/mol. The zero-order valence-electron chi connectivity index (χ0n) is 11.9. The molecule has 1 aromatic rings. The van der Waals surface area contributed by atoms with Crippen LogP contribution in [0.1, 0.15) is 18.4 Å². The molecule has 1 N–H and O–H groups in total. The van der Waals surface area contributed by atoms with Gasteiger partial charge in [-0.1, -0.05) is 17.7 Å². The molecule has 1 aromatic carbocycles. The van der Waals surface area contributed by atoms with Crippen molar-refractivity contribution in [3.63, 3.8) is 0 Å². The zero-order chi connectivity index (χ0) is 14.8. The lowest BCUT2D eigenvalue weighted by Gasteiger charge is -2.31. The summed E-state index contributed by atoms with van der Waals surface area (Å²) in [5, 5.41) is 4.10. The molecule has 1 aliphatic heterocycles. The van der Waals surface area contributed by atoms with Crippen LogP contribution in [-0.4, -0.2) is 38.6 Å². The van der Waals surface area contributed by atoms with Gasteiger partial charge in [-0.15, -0.1) is 0 Å². The smallest absolute Gasteiger partial charge is 0.211 e. The van der Waals surface area contributed by atoms with Crippen LogP contribution in [0, 0.1) is 12.8 Å². The van der Waals surface area contributed by atoms with Crippen molar-refractivity contribution in [3.8, 4) is 0 Å². The van der Waals surface area contributed by atoms with Gasteiger partial charge in [0.1, 0.15) is 0 Å². The maximum atomic E-state index is 11.6. The van der Waals surface area contributed by atoms with Crippen LogP contribution in [0.15, 0.2) is 18.2 Å². The first-order valence-corrected chi connectivity index (χ1v) is 9.04. The Kier molecular flexibility index (Phi) is 4.94. The summed E-state index contributed by atoms with van der Waals surface area (Å²) in [5.41, 5.74) is 2.04. The quantitative estimate of drug-likeness (QED) is 0.929. The number of hydrogen-bond acceptors (Lipinski definition) is 3. The van der Waals surface area contributed by atoms with Gasteiger partial charge in [0.15, 0.2) is 0 Å². The van der Waals surface area contributed by atoms with E-state index < -0.39 is 10.0 Å². The molecule has 0 amide bonds. The number of hydrogen-bond donors (Lipinski definition) is 1. The Morgan fingerprint density at radius 3 is 2.85 bits per heavy atom. The monoisotopic (exact) mass is 316 g/mol. The Hall–Kier alpha value is -0.780. The van der Waals surface area contributed by atoms with Crippen LogP contribution in [0.5, 0.6) is 0 Å². The van der Waals surface area contributed by atoms with E-state index in [4.69, 9.17) is 11.6 Å². The maximum Gasteiger partial charge on any atom is 0.211 e. The highest BCUT2D eigenvalue weighted by Gasteiger charge is 2.25. The van der Waals surface area contributed by atoms with Gasteiger partial charge in [0, 0.05) is 30.3 Å². The van der Waals surface area contributed by atoms with Crippen LogP contribution in [-0.2, 0) is 10.0 Å². The number of aryl methyl sites for hydroxylation is 1. The van der Waals surface area contributed by atoms with Crippen molar-refractivity contribution >= 4 is 27.3 Å². The van der Waals surface area contributed by atoms with Crippen molar-refractivity contribution in [3.05, 3.63) is 28.8 Å². The maximum absolute atomic E-state index is 11.6. The van der Waals surface area contributed by atoms with Gasteiger partial charge >= 0.3 is 0 Å². The third kappa shape index (κ3) is 4.11. The van der Waals surface area contributed by atoms with Gasteiger partial charge in [-0.05, 0) is 43.4 Å². The number of nitrogens with one attached hydrogen (secondary N) is 1. The topological polar surface area (TPSA) is 49.4 Å². The summed E-state index contributed by atoms with van der Waals surface area (Å²) in [6.07, 6.45) is 3.26. The molecule has 0 bridgehead atoms. The molecule has 0 aromatic heterocycles. The lowest BCUT2D eigenvalue weighted by molar-refractivity contribution is 0.277. The highest BCUT2D eigenvalue weighted by Crippen LogP contribution is 2.22. The molecule has 1 unspecified atom stereocenters. The van der Waals surface area contributed by atoms with E-state index in [0.29, 0.717) is 19.0 Å². The summed E-state index contributed by atoms with van der Waals surface area (Å²) >= 11 is 6.09. The van der Waals surface area contributed by atoms with Crippen LogP contribution in [0.25, 0.3) is 0 Å². The Balaban J connectivity index is 1.92. The third-order valence-electron chi connectivity index (χ3n) is 3.72. The fourth-order valence-corrected chi connectivity index (χ4v) is 3.58. The Morgan fingerprint density at radius 1 is 1.45 bits per heavy atom. The average molecular weight is 317 g/mol. The van der Waals surface area contributed by atoms with E-state index in [1.807, 2.05) is 25.1 Å². The van der Waals surface area contributed by atoms with Crippen LogP contribution in [0.4, 0.5) is 5.69 Å². The fourth-order valence-electron chi connectivity index (χ4n) is 2.46. The summed E-state index contributed by atoms with van der Waals surface area (Å²) in [5.74, 6) is 0.346. The van der Waals surface area contributed by atoms with Crippen molar-refractivity contribution in [2.75, 3.05) is 31.2 Å². The molecule has 20 heavy (non-hydrogen) atoms. The van der Waals surface area contributed by atoms with Crippen LogP contribution >= 0.6 is 11.6 Å². The van der Waals surface area contributed by atoms with Crippen molar-refractivity contribution < 1.29 is 8.42 Å². The summed E-state index contributed by atoms with van der Waals surface area (Å²) in [6, 6.07) is 5.89. The predicted octanol–water partition coefficient (Wildman–Crippen LogP) is 2.73. The van der Waals surface area contributed by atoms with E-state index >= 15 is 0 Å². The summed E-state index contributed by atoms with van der Waals surface area (Å²) in [7, 11) is -3.07. The second-order valence-electron chi connectivity index (χ2n) is 5.47. The van der Waals surface area contributed by atoms with Gasteiger partial charge in [0.2, 0.25) is 10.0 Å². The van der Waals surface area contributed by atoms with Gasteiger partial charge < -0.3 is 5.32 Å². The predicted molar refractivity (Wildman–Crippen MR) is 83.8 cm³/mol. The minimum absolute atomic E-state index is 0.346. The van der Waals surface area contributed by atoms with Crippen LogP contribution in [0.3, 0.4) is 0 Å². The minimum atomic E-state index is -3.07. The lowest BCUT2D eigenvalue weighted by atomic mass is 9.99. The molecule has 1 fully saturated rings. The number of halogens is 1. The van der Waals surface area contributed by atoms with Crippen molar-refractivity contribution in [2.24, 2.45) is 5.92 Å². The van der Waals surface area contributed by atoms with E-state index in [2.05, 4.69) is 5.32 Å². The normalized spacial score (nSPS) is 20.9. The largest absolute Gasteiger partial charge is 0.385 e. The molecule has 1 saturated heterocycles. The van der Waals surface area contributed by atoms with E-state index in [9.17, 15) is 8.42 Å². The number of benzene rings is 1. The Bertz CT molecular complexity index is 575. The van der Waals surface area contributed by atoms with Gasteiger partial charge in [0.25, 0.3) is 0 Å². The highest BCUT2D eigenvalue weighted by molar-refractivity contribution is 7.88. The number of piperidine rings is 1. The summed E-state index contributed by atoms with van der Waals surface area (Å²) in [6.45, 7) is 3.99. The molecule has 1 heterocycles. The SMILES string of the molecule is Cc1ccc(NCC2CCCN(S(C)(=O)=O)C2)cc1Cl. The molecular formula is C14H21ClN2O2S. The van der Waals surface area contributed by atoms with Gasteiger partial charge in [-0.2, -0.15) is 0 Å². The molecule has 4 nitrogen and oxygen atoms in total. The fraction of sp³-hybridized carbons (Fsp3) is 0.571. The van der Waals surface area contributed by atoms with Crippen molar-refractivity contribution in [2.45, 2.75) is 19.8 Å². The first-order chi connectivity index (χ1) is 9.36. The molecule has 2 rings (SSSR count). The molecule has 0 radical (unpaired) electrons. The first kappa shape index (κ1) is 15.6. The molecule has 1 aliphatic rings. The first-order valence-electron chi connectivity index (χ1n) is 6.81. The van der Waals surface area contributed by atoms with E-state index in [1.165, 1.54) is 6.26 Å². The highest BCUT2D eigenvalue weighted by atomic mass is 35.5. The molecule has 1 atom stereocenters. The standard InChI is InChI=1S/C14H21ClN2O2S/c1-11-5-6-13(8-14(11)15)16-9-12-4-3-7-17(10-12)20(2,18)19/h5-6,8,12,16H,3-4,7,9-10H2,1-2H3. The molecule has 0 spiro atoms. The van der Waals surface area contributed by atoms with Crippen LogP contribution in [0.2, 0.25) is 5.02 Å². The average Bonchev–Trinajstić information content (AvgIpc) is 2.39. The summed E-state index contributed by atoms with van der Waals surface area (Å²) in [4.78, 5) is 0. The second-order valence-corrected chi connectivity index (χ2v) is 7.86.